The number of carbonyl (C=O) groups is 2. The van der Waals surface area contributed by atoms with Crippen molar-refractivity contribution < 1.29 is 9.59 Å². The molecule has 3 rings (SSSR count). The van der Waals surface area contributed by atoms with E-state index in [1.165, 1.54) is 0 Å². The van der Waals surface area contributed by atoms with Gasteiger partial charge in [0, 0.05) is 25.2 Å². The first kappa shape index (κ1) is 13.6. The monoisotopic (exact) mass is 283 g/mol. The molecular formula is C16H17N3O2. The lowest BCUT2D eigenvalue weighted by molar-refractivity contribution is -0.122. The molecule has 0 aromatic heterocycles. The van der Waals surface area contributed by atoms with Gasteiger partial charge in [-0.25, -0.2) is 0 Å². The number of nitrogens with one attached hydrogen (secondary N) is 1. The first-order valence-electron chi connectivity index (χ1n) is 6.96. The Morgan fingerprint density at radius 3 is 2.67 bits per heavy atom. The SMILES string of the molecule is NC(=O)C1CNCCN1C(=O)c1ccc2ccccc2c1. The molecular weight excluding hydrogens is 266 g/mol. The first-order valence-corrected chi connectivity index (χ1v) is 6.96. The molecule has 1 unspecified atom stereocenters. The minimum atomic E-state index is -0.585. The third kappa shape index (κ3) is 2.60. The average Bonchev–Trinajstić information content (AvgIpc) is 2.53. The Morgan fingerprint density at radius 1 is 1.14 bits per heavy atom. The molecule has 0 aliphatic carbocycles. The van der Waals surface area contributed by atoms with E-state index in [0.717, 1.165) is 10.8 Å². The van der Waals surface area contributed by atoms with E-state index < -0.39 is 11.9 Å². The maximum absolute atomic E-state index is 12.6. The zero-order valence-corrected chi connectivity index (χ0v) is 11.6. The highest BCUT2D eigenvalue weighted by Gasteiger charge is 2.31. The number of nitrogens with two attached hydrogens (primary N) is 1. The Hall–Kier alpha value is -2.40. The van der Waals surface area contributed by atoms with Gasteiger partial charge >= 0.3 is 0 Å². The number of amides is 2. The summed E-state index contributed by atoms with van der Waals surface area (Å²) in [4.78, 5) is 25.7. The predicted molar refractivity (Wildman–Crippen MR) is 80.8 cm³/mol. The van der Waals surface area contributed by atoms with Crippen molar-refractivity contribution in [1.29, 1.82) is 0 Å². The zero-order chi connectivity index (χ0) is 14.8. The van der Waals surface area contributed by atoms with Crippen LogP contribution < -0.4 is 11.1 Å². The number of benzene rings is 2. The van der Waals surface area contributed by atoms with Gasteiger partial charge in [0.05, 0.1) is 0 Å². The van der Waals surface area contributed by atoms with Crippen molar-refractivity contribution in [2.75, 3.05) is 19.6 Å². The van der Waals surface area contributed by atoms with E-state index in [1.54, 1.807) is 11.0 Å². The Morgan fingerprint density at radius 2 is 1.90 bits per heavy atom. The molecule has 3 N–H and O–H groups in total. The highest BCUT2D eigenvalue weighted by atomic mass is 16.2. The van der Waals surface area contributed by atoms with Crippen LogP contribution in [0.15, 0.2) is 42.5 Å². The molecule has 0 saturated carbocycles. The van der Waals surface area contributed by atoms with Crippen LogP contribution in [0.4, 0.5) is 0 Å². The second-order valence-corrected chi connectivity index (χ2v) is 5.18. The van der Waals surface area contributed by atoms with E-state index in [0.29, 0.717) is 25.2 Å². The minimum absolute atomic E-state index is 0.147. The molecule has 1 aliphatic heterocycles. The molecule has 5 nitrogen and oxygen atoms in total. The summed E-state index contributed by atoms with van der Waals surface area (Å²) < 4.78 is 0. The van der Waals surface area contributed by atoms with E-state index in [4.69, 9.17) is 5.73 Å². The number of hydrogen-bond donors (Lipinski definition) is 2. The van der Waals surface area contributed by atoms with Crippen LogP contribution in [0.3, 0.4) is 0 Å². The number of carbonyl (C=O) groups excluding carboxylic acids is 2. The van der Waals surface area contributed by atoms with Gasteiger partial charge in [0.25, 0.3) is 5.91 Å². The lowest BCUT2D eigenvalue weighted by Crippen LogP contribution is -2.58. The van der Waals surface area contributed by atoms with Gasteiger partial charge < -0.3 is 16.0 Å². The van der Waals surface area contributed by atoms with Crippen LogP contribution in [-0.2, 0) is 4.79 Å². The van der Waals surface area contributed by atoms with Crippen molar-refractivity contribution in [3.05, 3.63) is 48.0 Å². The average molecular weight is 283 g/mol. The van der Waals surface area contributed by atoms with Gasteiger partial charge in [-0.15, -0.1) is 0 Å². The topological polar surface area (TPSA) is 75.4 Å². The lowest BCUT2D eigenvalue weighted by Gasteiger charge is -2.34. The molecule has 0 spiro atoms. The number of nitrogens with zero attached hydrogens (tertiary/aromatic N) is 1. The number of fused-ring (bicyclic) bond motifs is 1. The minimum Gasteiger partial charge on any atom is -0.368 e. The summed E-state index contributed by atoms with van der Waals surface area (Å²) in [5, 5.41) is 5.18. The van der Waals surface area contributed by atoms with Crippen molar-refractivity contribution in [3.63, 3.8) is 0 Å². The first-order chi connectivity index (χ1) is 10.2. The van der Waals surface area contributed by atoms with Crippen molar-refractivity contribution in [2.45, 2.75) is 6.04 Å². The molecule has 1 atom stereocenters. The fourth-order valence-corrected chi connectivity index (χ4v) is 2.69. The third-order valence-electron chi connectivity index (χ3n) is 3.83. The van der Waals surface area contributed by atoms with Crippen LogP contribution in [0.5, 0.6) is 0 Å². The van der Waals surface area contributed by atoms with Gasteiger partial charge in [-0.3, -0.25) is 9.59 Å². The number of rotatable bonds is 2. The second-order valence-electron chi connectivity index (χ2n) is 5.18. The molecule has 0 radical (unpaired) electrons. The lowest BCUT2D eigenvalue weighted by atomic mass is 10.0. The summed E-state index contributed by atoms with van der Waals surface area (Å²) in [6.07, 6.45) is 0. The molecule has 108 valence electrons. The molecule has 2 aromatic rings. The predicted octanol–water partition coefficient (Wildman–Crippen LogP) is 0.739. The van der Waals surface area contributed by atoms with Crippen LogP contribution in [-0.4, -0.2) is 42.4 Å². The van der Waals surface area contributed by atoms with E-state index >= 15 is 0 Å². The van der Waals surface area contributed by atoms with Crippen molar-refractivity contribution in [1.82, 2.24) is 10.2 Å². The Kier molecular flexibility index (Phi) is 3.58. The maximum Gasteiger partial charge on any atom is 0.254 e. The van der Waals surface area contributed by atoms with Gasteiger partial charge in [-0.1, -0.05) is 30.3 Å². The second kappa shape index (κ2) is 5.54. The van der Waals surface area contributed by atoms with E-state index in [1.807, 2.05) is 36.4 Å². The van der Waals surface area contributed by atoms with Crippen LogP contribution in [0.1, 0.15) is 10.4 Å². The molecule has 1 aliphatic rings. The fourth-order valence-electron chi connectivity index (χ4n) is 2.69. The Labute approximate surface area is 122 Å². The number of piperazine rings is 1. The summed E-state index contributed by atoms with van der Waals surface area (Å²) in [5.41, 5.74) is 5.98. The molecule has 1 fully saturated rings. The van der Waals surface area contributed by atoms with Gasteiger partial charge in [0.1, 0.15) is 6.04 Å². The van der Waals surface area contributed by atoms with Gasteiger partial charge in [0.15, 0.2) is 0 Å². The summed E-state index contributed by atoms with van der Waals surface area (Å²) in [7, 11) is 0. The standard InChI is InChI=1S/C16H17N3O2/c17-15(20)14-10-18-7-8-19(14)16(21)13-6-5-11-3-1-2-4-12(11)9-13/h1-6,9,14,18H,7-8,10H2,(H2,17,20). The molecule has 2 aromatic carbocycles. The van der Waals surface area contributed by atoms with Gasteiger partial charge in [-0.05, 0) is 22.9 Å². The molecule has 2 amide bonds. The van der Waals surface area contributed by atoms with Crippen molar-refractivity contribution >= 4 is 22.6 Å². The van der Waals surface area contributed by atoms with Crippen LogP contribution in [0.25, 0.3) is 10.8 Å². The maximum atomic E-state index is 12.6. The summed E-state index contributed by atoms with van der Waals surface area (Å²) in [6.45, 7) is 1.57. The Bertz CT molecular complexity index is 699. The normalized spacial score (nSPS) is 18.7. The van der Waals surface area contributed by atoms with E-state index in [9.17, 15) is 9.59 Å². The van der Waals surface area contributed by atoms with Gasteiger partial charge in [0.2, 0.25) is 5.91 Å². The van der Waals surface area contributed by atoms with Crippen LogP contribution in [0, 0.1) is 0 Å². The Balaban J connectivity index is 1.93. The summed E-state index contributed by atoms with van der Waals surface area (Å²) >= 11 is 0. The third-order valence-corrected chi connectivity index (χ3v) is 3.83. The van der Waals surface area contributed by atoms with E-state index in [-0.39, 0.29) is 5.91 Å². The number of primary amides is 1. The molecule has 1 heterocycles. The molecule has 0 bridgehead atoms. The molecule has 1 saturated heterocycles. The largest absolute Gasteiger partial charge is 0.368 e. The molecule has 21 heavy (non-hydrogen) atoms. The van der Waals surface area contributed by atoms with Crippen molar-refractivity contribution in [2.24, 2.45) is 5.73 Å². The fraction of sp³-hybridized carbons (Fsp3) is 0.250. The van der Waals surface area contributed by atoms with Crippen LogP contribution in [0.2, 0.25) is 0 Å². The van der Waals surface area contributed by atoms with E-state index in [2.05, 4.69) is 5.32 Å². The smallest absolute Gasteiger partial charge is 0.254 e. The van der Waals surface area contributed by atoms with Crippen molar-refractivity contribution in [3.8, 4) is 0 Å². The quantitative estimate of drug-likeness (QED) is 0.853. The molecule has 5 heteroatoms. The highest BCUT2D eigenvalue weighted by Crippen LogP contribution is 2.18. The number of hydrogen-bond acceptors (Lipinski definition) is 3. The van der Waals surface area contributed by atoms with Crippen LogP contribution >= 0.6 is 0 Å². The highest BCUT2D eigenvalue weighted by molar-refractivity contribution is 6.00. The summed E-state index contributed by atoms with van der Waals surface area (Å²) in [5.74, 6) is -0.623. The van der Waals surface area contributed by atoms with Gasteiger partial charge in [-0.2, -0.15) is 0 Å². The summed E-state index contributed by atoms with van der Waals surface area (Å²) in [6, 6.07) is 12.9. The zero-order valence-electron chi connectivity index (χ0n) is 11.6.